The summed E-state index contributed by atoms with van der Waals surface area (Å²) in [6, 6.07) is 12.9. The van der Waals surface area contributed by atoms with Gasteiger partial charge in [-0.25, -0.2) is 9.97 Å². The second-order valence-corrected chi connectivity index (χ2v) is 6.32. The molecular formula is C21H23N3O3. The number of hydrogen-bond donors (Lipinski definition) is 1. The Morgan fingerprint density at radius 2 is 2.00 bits per heavy atom. The van der Waals surface area contributed by atoms with Gasteiger partial charge in [0.15, 0.2) is 5.82 Å². The van der Waals surface area contributed by atoms with E-state index in [2.05, 4.69) is 9.97 Å². The quantitative estimate of drug-likeness (QED) is 0.694. The van der Waals surface area contributed by atoms with Crippen molar-refractivity contribution in [3.05, 3.63) is 71.9 Å². The van der Waals surface area contributed by atoms with Crippen LogP contribution in [0.15, 0.2) is 59.3 Å². The molecule has 2 aromatic heterocycles. The summed E-state index contributed by atoms with van der Waals surface area (Å²) in [5.74, 6) is 1.02. The Morgan fingerprint density at radius 3 is 2.59 bits per heavy atom. The number of benzene rings is 1. The monoisotopic (exact) mass is 365 g/mol. The summed E-state index contributed by atoms with van der Waals surface area (Å²) in [6.07, 6.45) is 3.76. The Morgan fingerprint density at radius 1 is 1.22 bits per heavy atom. The van der Waals surface area contributed by atoms with Gasteiger partial charge >= 0.3 is 0 Å². The average molecular weight is 365 g/mol. The lowest BCUT2D eigenvalue weighted by molar-refractivity contribution is 0.0543. The number of nitrogens with zero attached hydrogens (tertiary/aromatic N) is 3. The molecule has 0 radical (unpaired) electrons. The van der Waals surface area contributed by atoms with Gasteiger partial charge < -0.3 is 14.4 Å². The third-order valence-electron chi connectivity index (χ3n) is 4.53. The van der Waals surface area contributed by atoms with Crippen LogP contribution in [-0.2, 0) is 6.54 Å². The second kappa shape index (κ2) is 8.60. The van der Waals surface area contributed by atoms with Gasteiger partial charge in [0.05, 0.1) is 36.7 Å². The number of aliphatic hydroxyl groups excluding tert-OH is 1. The molecule has 0 saturated carbocycles. The van der Waals surface area contributed by atoms with Gasteiger partial charge in [0.2, 0.25) is 0 Å². The summed E-state index contributed by atoms with van der Waals surface area (Å²) >= 11 is 0. The minimum atomic E-state index is -0.309. The summed E-state index contributed by atoms with van der Waals surface area (Å²) in [7, 11) is 0. The van der Waals surface area contributed by atoms with E-state index in [9.17, 15) is 9.90 Å². The molecule has 1 aromatic carbocycles. The van der Waals surface area contributed by atoms with Gasteiger partial charge in [-0.2, -0.15) is 0 Å². The predicted octanol–water partition coefficient (Wildman–Crippen LogP) is 3.46. The fourth-order valence-corrected chi connectivity index (χ4v) is 2.94. The number of amides is 1. The van der Waals surface area contributed by atoms with Crippen molar-refractivity contribution in [1.29, 1.82) is 0 Å². The number of rotatable bonds is 7. The minimum Gasteiger partial charge on any atom is -0.467 e. The summed E-state index contributed by atoms with van der Waals surface area (Å²) in [5, 5.41) is 9.73. The van der Waals surface area contributed by atoms with Gasteiger partial charge in [-0.3, -0.25) is 4.79 Å². The maximum absolute atomic E-state index is 13.2. The van der Waals surface area contributed by atoms with E-state index < -0.39 is 0 Å². The second-order valence-electron chi connectivity index (χ2n) is 6.32. The lowest BCUT2D eigenvalue weighted by atomic mass is 10.1. The first-order chi connectivity index (χ1) is 13.1. The van der Waals surface area contributed by atoms with Gasteiger partial charge in [-0.1, -0.05) is 37.3 Å². The molecule has 0 spiro atoms. The molecule has 140 valence electrons. The first-order valence-electron chi connectivity index (χ1n) is 8.97. The van der Waals surface area contributed by atoms with Crippen molar-refractivity contribution >= 4 is 5.91 Å². The number of carbonyl (C=O) groups is 1. The molecule has 0 aliphatic carbocycles. The van der Waals surface area contributed by atoms with Gasteiger partial charge in [-0.05, 0) is 25.5 Å². The van der Waals surface area contributed by atoms with Gasteiger partial charge in [0, 0.05) is 11.8 Å². The number of carbonyl (C=O) groups excluding carboxylic acids is 1. The van der Waals surface area contributed by atoms with E-state index in [0.29, 0.717) is 29.3 Å². The Hall–Kier alpha value is -2.99. The van der Waals surface area contributed by atoms with Gasteiger partial charge in [0.1, 0.15) is 5.76 Å². The van der Waals surface area contributed by atoms with Crippen LogP contribution in [-0.4, -0.2) is 38.5 Å². The fourth-order valence-electron chi connectivity index (χ4n) is 2.94. The molecule has 1 N–H and O–H groups in total. The highest BCUT2D eigenvalue weighted by atomic mass is 16.3. The summed E-state index contributed by atoms with van der Waals surface area (Å²) in [4.78, 5) is 23.7. The standard InChI is InChI=1S/C21H23N3O3/c1-3-17(14-25)24(13-18-10-7-11-27-18)21(26)19-12-22-20(23-15(19)2)16-8-5-4-6-9-16/h4-12,17,25H,3,13-14H2,1-2H3/t17-/m0/s1. The third kappa shape index (κ3) is 4.23. The van der Waals surface area contributed by atoms with E-state index in [1.54, 1.807) is 30.4 Å². The number of aliphatic hydroxyl groups is 1. The van der Waals surface area contributed by atoms with Crippen molar-refractivity contribution in [3.8, 4) is 11.4 Å². The Labute approximate surface area is 158 Å². The van der Waals surface area contributed by atoms with Crippen LogP contribution in [0.4, 0.5) is 0 Å². The predicted molar refractivity (Wildman–Crippen MR) is 102 cm³/mol. The van der Waals surface area contributed by atoms with Crippen LogP contribution in [0.5, 0.6) is 0 Å². The molecule has 6 heteroatoms. The molecule has 27 heavy (non-hydrogen) atoms. The molecule has 0 unspecified atom stereocenters. The van der Waals surface area contributed by atoms with Crippen molar-refractivity contribution in [3.63, 3.8) is 0 Å². The molecule has 1 amide bonds. The van der Waals surface area contributed by atoms with Crippen molar-refractivity contribution in [2.75, 3.05) is 6.61 Å². The number of aromatic nitrogens is 2. The third-order valence-corrected chi connectivity index (χ3v) is 4.53. The van der Waals surface area contributed by atoms with Crippen molar-refractivity contribution < 1.29 is 14.3 Å². The summed E-state index contributed by atoms with van der Waals surface area (Å²) in [6.45, 7) is 3.90. The van der Waals surface area contributed by atoms with Crippen LogP contribution in [0.25, 0.3) is 11.4 Å². The number of furan rings is 1. The van der Waals surface area contributed by atoms with Crippen LogP contribution in [0.3, 0.4) is 0 Å². The molecular weight excluding hydrogens is 342 g/mol. The number of aryl methyl sites for hydroxylation is 1. The van der Waals surface area contributed by atoms with E-state index in [0.717, 1.165) is 5.56 Å². The van der Waals surface area contributed by atoms with E-state index in [1.165, 1.54) is 0 Å². The summed E-state index contributed by atoms with van der Waals surface area (Å²) < 4.78 is 5.39. The van der Waals surface area contributed by atoms with Crippen LogP contribution < -0.4 is 0 Å². The normalized spacial score (nSPS) is 12.0. The molecule has 3 rings (SSSR count). The fraction of sp³-hybridized carbons (Fsp3) is 0.286. The summed E-state index contributed by atoms with van der Waals surface area (Å²) in [5.41, 5.74) is 1.92. The zero-order valence-electron chi connectivity index (χ0n) is 15.5. The van der Waals surface area contributed by atoms with E-state index in [1.807, 2.05) is 43.3 Å². The van der Waals surface area contributed by atoms with E-state index in [-0.39, 0.29) is 25.1 Å². The molecule has 3 aromatic rings. The van der Waals surface area contributed by atoms with E-state index >= 15 is 0 Å². The maximum atomic E-state index is 13.2. The first-order valence-corrected chi connectivity index (χ1v) is 8.97. The van der Waals surface area contributed by atoms with Crippen molar-refractivity contribution in [2.45, 2.75) is 32.9 Å². The van der Waals surface area contributed by atoms with Crippen LogP contribution >= 0.6 is 0 Å². The molecule has 0 aliphatic rings. The number of hydrogen-bond acceptors (Lipinski definition) is 5. The molecule has 0 aliphatic heterocycles. The highest BCUT2D eigenvalue weighted by Crippen LogP contribution is 2.20. The zero-order chi connectivity index (χ0) is 19.2. The minimum absolute atomic E-state index is 0.120. The topological polar surface area (TPSA) is 79.5 Å². The SMILES string of the molecule is CC[C@@H](CO)N(Cc1ccco1)C(=O)c1cnc(-c2ccccc2)nc1C. The molecule has 2 heterocycles. The van der Waals surface area contributed by atoms with Gasteiger partial charge in [0.25, 0.3) is 5.91 Å². The Kier molecular flexibility index (Phi) is 5.98. The molecule has 1 atom stereocenters. The van der Waals surface area contributed by atoms with Crippen molar-refractivity contribution in [1.82, 2.24) is 14.9 Å². The largest absolute Gasteiger partial charge is 0.467 e. The molecule has 0 fully saturated rings. The van der Waals surface area contributed by atoms with Crippen LogP contribution in [0.1, 0.15) is 35.2 Å². The Bertz CT molecular complexity index is 875. The lowest BCUT2D eigenvalue weighted by Gasteiger charge is -2.29. The van der Waals surface area contributed by atoms with Crippen LogP contribution in [0, 0.1) is 6.92 Å². The Balaban J connectivity index is 1.91. The lowest BCUT2D eigenvalue weighted by Crippen LogP contribution is -2.42. The highest BCUT2D eigenvalue weighted by molar-refractivity contribution is 5.95. The first kappa shape index (κ1) is 18.8. The van der Waals surface area contributed by atoms with Crippen molar-refractivity contribution in [2.24, 2.45) is 0 Å². The van der Waals surface area contributed by atoms with E-state index in [4.69, 9.17) is 4.42 Å². The molecule has 0 saturated heterocycles. The highest BCUT2D eigenvalue weighted by Gasteiger charge is 2.26. The smallest absolute Gasteiger partial charge is 0.258 e. The molecule has 0 bridgehead atoms. The van der Waals surface area contributed by atoms with Crippen LogP contribution in [0.2, 0.25) is 0 Å². The average Bonchev–Trinajstić information content (AvgIpc) is 3.21. The maximum Gasteiger partial charge on any atom is 0.258 e. The zero-order valence-corrected chi connectivity index (χ0v) is 15.5. The molecule has 6 nitrogen and oxygen atoms in total. The van der Waals surface area contributed by atoms with Gasteiger partial charge in [-0.15, -0.1) is 0 Å².